The number of alkyl halides is 3. The molecule has 4 nitrogen and oxygen atoms in total. The molecule has 1 fully saturated rings. The van der Waals surface area contributed by atoms with Crippen molar-refractivity contribution in [2.24, 2.45) is 0 Å². The molecule has 2 atom stereocenters. The molecule has 0 bridgehead atoms. The molecule has 1 saturated heterocycles. The smallest absolute Gasteiger partial charge is 0.416 e. The number of β-amino-alcohol motifs (C(OH)–C–C–N with tert-alkyl or cyclic N) is 1. The number of likely N-dealkylation sites (tertiary alicyclic amines) is 1. The predicted molar refractivity (Wildman–Crippen MR) is 68.2 cm³/mol. The predicted octanol–water partition coefficient (Wildman–Crippen LogP) is 1.95. The van der Waals surface area contributed by atoms with Crippen LogP contribution in [0.25, 0.3) is 0 Å². The second-order valence-electron chi connectivity index (χ2n) is 5.20. The Morgan fingerprint density at radius 1 is 1.41 bits per heavy atom. The number of hydrogen-bond donors (Lipinski definition) is 1. The monoisotopic (exact) mass is 321 g/mol. The van der Waals surface area contributed by atoms with E-state index in [1.165, 1.54) is 12.0 Å². The number of ether oxygens (including phenoxy) is 1. The molecule has 0 aromatic heterocycles. The minimum atomic E-state index is -4.65. The molecule has 1 heterocycles. The van der Waals surface area contributed by atoms with Gasteiger partial charge in [0.2, 0.25) is 0 Å². The summed E-state index contributed by atoms with van der Waals surface area (Å²) < 4.78 is 56.0. The molecule has 1 aromatic rings. The maximum Gasteiger partial charge on any atom is 0.416 e. The third-order valence-corrected chi connectivity index (χ3v) is 3.53. The number of aliphatic hydroxyl groups is 1. The molecule has 1 aliphatic rings. The van der Waals surface area contributed by atoms with Crippen LogP contribution in [-0.4, -0.2) is 41.8 Å². The fraction of sp³-hybridized carbons (Fsp3) is 0.500. The second kappa shape index (κ2) is 6.21. The Balaban J connectivity index is 2.22. The fourth-order valence-corrected chi connectivity index (χ4v) is 2.58. The Hall–Kier alpha value is -1.67. The Kier molecular flexibility index (Phi) is 4.72. The van der Waals surface area contributed by atoms with Crippen LogP contribution < -0.4 is 0 Å². The third-order valence-electron chi connectivity index (χ3n) is 3.53. The number of carbonyl (C=O) groups excluding carboxylic acids is 1. The summed E-state index contributed by atoms with van der Waals surface area (Å²) >= 11 is 0. The van der Waals surface area contributed by atoms with Crippen molar-refractivity contribution in [1.29, 1.82) is 0 Å². The topological polar surface area (TPSA) is 49.8 Å². The first-order valence-corrected chi connectivity index (χ1v) is 6.57. The summed E-state index contributed by atoms with van der Waals surface area (Å²) in [5.41, 5.74) is -1.01. The summed E-state index contributed by atoms with van der Waals surface area (Å²) in [6.07, 6.45) is -5.29. The molecule has 2 rings (SSSR count). The van der Waals surface area contributed by atoms with Crippen molar-refractivity contribution in [3.8, 4) is 0 Å². The van der Waals surface area contributed by atoms with Crippen LogP contribution in [0.5, 0.6) is 0 Å². The van der Waals surface area contributed by atoms with Crippen molar-refractivity contribution in [2.75, 3.05) is 13.7 Å². The van der Waals surface area contributed by atoms with Crippen molar-refractivity contribution in [1.82, 2.24) is 4.90 Å². The van der Waals surface area contributed by atoms with E-state index in [9.17, 15) is 27.5 Å². The highest BCUT2D eigenvalue weighted by Crippen LogP contribution is 2.31. The van der Waals surface area contributed by atoms with Gasteiger partial charge in [0, 0.05) is 19.5 Å². The lowest BCUT2D eigenvalue weighted by atomic mass is 10.1. The quantitative estimate of drug-likeness (QED) is 0.683. The van der Waals surface area contributed by atoms with E-state index in [1.54, 1.807) is 0 Å². The summed E-state index contributed by atoms with van der Waals surface area (Å²) in [5, 5.41) is 9.63. The maximum absolute atomic E-state index is 13.4. The molecule has 1 aliphatic heterocycles. The van der Waals surface area contributed by atoms with Crippen LogP contribution in [-0.2, 0) is 22.3 Å². The summed E-state index contributed by atoms with van der Waals surface area (Å²) in [5.74, 6) is -1.58. The van der Waals surface area contributed by atoms with Crippen LogP contribution in [0.2, 0.25) is 0 Å². The lowest BCUT2D eigenvalue weighted by Crippen LogP contribution is -2.36. The number of halogens is 4. The average Bonchev–Trinajstić information content (AvgIpc) is 2.77. The van der Waals surface area contributed by atoms with Gasteiger partial charge in [0.1, 0.15) is 11.9 Å². The number of aliphatic hydroxyl groups excluding tert-OH is 1. The number of carbonyl (C=O) groups is 1. The van der Waals surface area contributed by atoms with E-state index in [0.717, 1.165) is 12.1 Å². The molecule has 0 saturated carbocycles. The maximum atomic E-state index is 13.4. The normalized spacial score (nSPS) is 22.8. The van der Waals surface area contributed by atoms with Crippen molar-refractivity contribution in [3.05, 3.63) is 35.1 Å². The second-order valence-corrected chi connectivity index (χ2v) is 5.20. The van der Waals surface area contributed by atoms with Gasteiger partial charge in [-0.25, -0.2) is 4.39 Å². The van der Waals surface area contributed by atoms with Gasteiger partial charge in [-0.1, -0.05) is 0 Å². The minimum absolute atomic E-state index is 0.0790. The number of methoxy groups -OCH3 is 1. The summed E-state index contributed by atoms with van der Waals surface area (Å²) in [6.45, 7) is 0.0231. The Bertz CT molecular complexity index is 562. The fourth-order valence-electron chi connectivity index (χ4n) is 2.58. The number of rotatable bonds is 3. The molecular weight excluding hydrogens is 306 g/mol. The van der Waals surface area contributed by atoms with Gasteiger partial charge < -0.3 is 9.84 Å². The minimum Gasteiger partial charge on any atom is -0.468 e. The number of hydrogen-bond acceptors (Lipinski definition) is 4. The molecular formula is C14H15F4NO3. The van der Waals surface area contributed by atoms with Crippen LogP contribution in [0.3, 0.4) is 0 Å². The average molecular weight is 321 g/mol. The van der Waals surface area contributed by atoms with Crippen LogP contribution in [0.15, 0.2) is 18.2 Å². The van der Waals surface area contributed by atoms with E-state index in [4.69, 9.17) is 0 Å². The number of benzene rings is 1. The zero-order valence-electron chi connectivity index (χ0n) is 11.7. The van der Waals surface area contributed by atoms with Crippen molar-refractivity contribution in [2.45, 2.75) is 31.3 Å². The highest BCUT2D eigenvalue weighted by Gasteiger charge is 2.37. The van der Waals surface area contributed by atoms with Crippen molar-refractivity contribution < 1.29 is 32.2 Å². The molecule has 22 heavy (non-hydrogen) atoms. The van der Waals surface area contributed by atoms with Gasteiger partial charge >= 0.3 is 12.1 Å². The lowest BCUT2D eigenvalue weighted by molar-refractivity contribution is -0.146. The summed E-state index contributed by atoms with van der Waals surface area (Å²) in [6, 6.07) is 1.48. The van der Waals surface area contributed by atoms with Crippen LogP contribution in [0.1, 0.15) is 17.5 Å². The number of nitrogens with zero attached hydrogens (tertiary/aromatic N) is 1. The van der Waals surface area contributed by atoms with Crippen molar-refractivity contribution in [3.63, 3.8) is 0 Å². The Labute approximate surface area is 124 Å². The van der Waals surface area contributed by atoms with E-state index in [-0.39, 0.29) is 25.1 Å². The first-order valence-electron chi connectivity index (χ1n) is 6.57. The summed E-state index contributed by atoms with van der Waals surface area (Å²) in [4.78, 5) is 13.1. The van der Waals surface area contributed by atoms with Gasteiger partial charge in [0.25, 0.3) is 0 Å². The molecule has 1 aromatic carbocycles. The Morgan fingerprint density at radius 2 is 2.09 bits per heavy atom. The SMILES string of the molecule is COC(=O)C1CC(O)CN1Cc1cc(F)cc(C(F)(F)F)c1. The Morgan fingerprint density at radius 3 is 2.68 bits per heavy atom. The molecule has 0 radical (unpaired) electrons. The van der Waals surface area contributed by atoms with Gasteiger partial charge in [0.05, 0.1) is 18.8 Å². The van der Waals surface area contributed by atoms with E-state index in [2.05, 4.69) is 4.74 Å². The van der Waals surface area contributed by atoms with Gasteiger partial charge in [-0.05, 0) is 23.8 Å². The first-order chi connectivity index (χ1) is 10.2. The van der Waals surface area contributed by atoms with Crippen LogP contribution >= 0.6 is 0 Å². The molecule has 8 heteroatoms. The van der Waals surface area contributed by atoms with Crippen molar-refractivity contribution >= 4 is 5.97 Å². The van der Waals surface area contributed by atoms with E-state index in [0.29, 0.717) is 6.07 Å². The molecule has 0 aliphatic carbocycles. The molecule has 1 N–H and O–H groups in total. The summed E-state index contributed by atoms with van der Waals surface area (Å²) in [7, 11) is 1.19. The first kappa shape index (κ1) is 16.7. The van der Waals surface area contributed by atoms with Gasteiger partial charge in [-0.15, -0.1) is 0 Å². The van der Waals surface area contributed by atoms with E-state index in [1.807, 2.05) is 0 Å². The zero-order valence-corrected chi connectivity index (χ0v) is 11.7. The molecule has 0 amide bonds. The third kappa shape index (κ3) is 3.75. The molecule has 122 valence electrons. The number of esters is 1. The van der Waals surface area contributed by atoms with Gasteiger partial charge in [0.15, 0.2) is 0 Å². The van der Waals surface area contributed by atoms with Crippen LogP contribution in [0.4, 0.5) is 17.6 Å². The van der Waals surface area contributed by atoms with E-state index < -0.39 is 35.7 Å². The highest BCUT2D eigenvalue weighted by molar-refractivity contribution is 5.76. The van der Waals surface area contributed by atoms with Crippen LogP contribution in [0, 0.1) is 5.82 Å². The zero-order chi connectivity index (χ0) is 16.5. The largest absolute Gasteiger partial charge is 0.468 e. The highest BCUT2D eigenvalue weighted by atomic mass is 19.4. The standard InChI is InChI=1S/C14H15F4NO3/c1-22-13(21)12-5-11(20)7-19(12)6-8-2-9(14(16,17)18)4-10(15)3-8/h2-4,11-12,20H,5-7H2,1H3. The lowest BCUT2D eigenvalue weighted by Gasteiger charge is -2.22. The molecule has 0 spiro atoms. The van der Waals surface area contributed by atoms with Gasteiger partial charge in [-0.3, -0.25) is 9.69 Å². The van der Waals surface area contributed by atoms with E-state index >= 15 is 0 Å². The van der Waals surface area contributed by atoms with Gasteiger partial charge in [-0.2, -0.15) is 13.2 Å². The molecule has 2 unspecified atom stereocenters.